The van der Waals surface area contributed by atoms with Crippen molar-refractivity contribution in [3.8, 4) is 0 Å². The van der Waals surface area contributed by atoms with Crippen molar-refractivity contribution in [2.24, 2.45) is 0 Å². The Kier molecular flexibility index (Phi) is 5.75. The van der Waals surface area contributed by atoms with E-state index < -0.39 is 5.54 Å². The Morgan fingerprint density at radius 1 is 1.19 bits per heavy atom. The molecule has 1 saturated heterocycles. The van der Waals surface area contributed by atoms with Crippen LogP contribution in [0.3, 0.4) is 0 Å². The molecule has 1 heterocycles. The minimum absolute atomic E-state index is 0.220. The van der Waals surface area contributed by atoms with Gasteiger partial charge in [-0.25, -0.2) is 4.79 Å². The summed E-state index contributed by atoms with van der Waals surface area (Å²) in [6.07, 6.45) is 4.29. The molecule has 2 fully saturated rings. The Hall–Kier alpha value is -2.08. The van der Waals surface area contributed by atoms with Crippen molar-refractivity contribution in [1.82, 2.24) is 14.7 Å². The summed E-state index contributed by atoms with van der Waals surface area (Å²) in [6.45, 7) is 2.48. The molecule has 0 unspecified atom stereocenters. The number of nitrogens with zero attached hydrogens (tertiary/aromatic N) is 3. The summed E-state index contributed by atoms with van der Waals surface area (Å²) in [7, 11) is 1.68. The Labute approximate surface area is 165 Å². The van der Waals surface area contributed by atoms with Gasteiger partial charge in [-0.15, -0.1) is 0 Å². The summed E-state index contributed by atoms with van der Waals surface area (Å²) < 4.78 is 0. The molecular formula is C20H26ClN3O3. The molecule has 27 heavy (non-hydrogen) atoms. The van der Waals surface area contributed by atoms with Crippen molar-refractivity contribution in [3.05, 3.63) is 34.9 Å². The van der Waals surface area contributed by atoms with E-state index in [2.05, 4.69) is 0 Å². The van der Waals surface area contributed by atoms with E-state index in [1.165, 1.54) is 0 Å². The number of imide groups is 1. The van der Waals surface area contributed by atoms with Crippen LogP contribution in [0.5, 0.6) is 0 Å². The third-order valence-electron chi connectivity index (χ3n) is 5.83. The summed E-state index contributed by atoms with van der Waals surface area (Å²) in [5, 5.41) is 0.595. The van der Waals surface area contributed by atoms with E-state index in [0.29, 0.717) is 31.0 Å². The quantitative estimate of drug-likeness (QED) is 0.723. The van der Waals surface area contributed by atoms with Gasteiger partial charge in [0.25, 0.3) is 5.91 Å². The number of carbonyl (C=O) groups excluding carboxylic acids is 3. The third-order valence-corrected chi connectivity index (χ3v) is 6.20. The summed E-state index contributed by atoms with van der Waals surface area (Å²) in [5.41, 5.74) is 0.0874. The predicted octanol–water partition coefficient (Wildman–Crippen LogP) is 3.29. The van der Waals surface area contributed by atoms with Crippen LogP contribution in [0, 0.1) is 0 Å². The SMILES string of the molecule is CCN(Cc1ccccc1Cl)C(=O)CN1C(=O)N(C)C2(CCCCC2)C1=O. The Morgan fingerprint density at radius 2 is 1.85 bits per heavy atom. The molecule has 3 rings (SSSR count). The topological polar surface area (TPSA) is 60.9 Å². The molecule has 4 amide bonds. The Morgan fingerprint density at radius 3 is 2.48 bits per heavy atom. The molecular weight excluding hydrogens is 366 g/mol. The summed E-state index contributed by atoms with van der Waals surface area (Å²) >= 11 is 6.20. The number of benzene rings is 1. The summed E-state index contributed by atoms with van der Waals surface area (Å²) in [5.74, 6) is -0.475. The lowest BCUT2D eigenvalue weighted by molar-refractivity contribution is -0.140. The number of amides is 4. The molecule has 1 aromatic rings. The monoisotopic (exact) mass is 391 g/mol. The predicted molar refractivity (Wildman–Crippen MR) is 103 cm³/mol. The van der Waals surface area contributed by atoms with Crippen LogP contribution in [0.2, 0.25) is 5.02 Å². The van der Waals surface area contributed by atoms with Crippen molar-refractivity contribution < 1.29 is 14.4 Å². The Bertz CT molecular complexity index is 746. The smallest absolute Gasteiger partial charge is 0.327 e. The van der Waals surface area contributed by atoms with E-state index in [0.717, 1.165) is 29.7 Å². The maximum Gasteiger partial charge on any atom is 0.327 e. The highest BCUT2D eigenvalue weighted by Crippen LogP contribution is 2.39. The van der Waals surface area contributed by atoms with Crippen LogP contribution < -0.4 is 0 Å². The molecule has 0 bridgehead atoms. The number of hydrogen-bond acceptors (Lipinski definition) is 3. The zero-order valence-corrected chi connectivity index (χ0v) is 16.7. The van der Waals surface area contributed by atoms with Gasteiger partial charge in [-0.1, -0.05) is 49.1 Å². The molecule has 1 aromatic carbocycles. The van der Waals surface area contributed by atoms with Gasteiger partial charge in [0.2, 0.25) is 5.91 Å². The molecule has 0 aromatic heterocycles. The summed E-state index contributed by atoms with van der Waals surface area (Å²) in [6, 6.07) is 6.99. The van der Waals surface area contributed by atoms with E-state index in [4.69, 9.17) is 11.6 Å². The lowest BCUT2D eigenvalue weighted by Gasteiger charge is -2.35. The van der Waals surface area contributed by atoms with Gasteiger partial charge in [-0.05, 0) is 31.4 Å². The van der Waals surface area contributed by atoms with Gasteiger partial charge in [0.15, 0.2) is 0 Å². The van der Waals surface area contributed by atoms with E-state index in [-0.39, 0.29) is 24.4 Å². The number of carbonyl (C=O) groups is 3. The van der Waals surface area contributed by atoms with Gasteiger partial charge in [-0.2, -0.15) is 0 Å². The fraction of sp³-hybridized carbons (Fsp3) is 0.550. The maximum absolute atomic E-state index is 13.0. The van der Waals surface area contributed by atoms with Crippen molar-refractivity contribution in [2.45, 2.75) is 51.1 Å². The number of hydrogen-bond donors (Lipinski definition) is 0. The molecule has 7 heteroatoms. The van der Waals surface area contributed by atoms with Gasteiger partial charge in [-0.3, -0.25) is 14.5 Å². The van der Waals surface area contributed by atoms with Crippen LogP contribution in [0.4, 0.5) is 4.79 Å². The minimum atomic E-state index is -0.755. The molecule has 146 valence electrons. The molecule has 0 radical (unpaired) electrons. The van der Waals surface area contributed by atoms with Gasteiger partial charge in [0.1, 0.15) is 12.1 Å². The van der Waals surface area contributed by atoms with Crippen molar-refractivity contribution in [2.75, 3.05) is 20.1 Å². The van der Waals surface area contributed by atoms with Crippen LogP contribution in [0.1, 0.15) is 44.6 Å². The minimum Gasteiger partial charge on any atom is -0.337 e. The van der Waals surface area contributed by atoms with E-state index in [9.17, 15) is 14.4 Å². The molecule has 1 aliphatic carbocycles. The third kappa shape index (κ3) is 3.55. The van der Waals surface area contributed by atoms with Crippen LogP contribution in [-0.4, -0.2) is 58.2 Å². The molecule has 1 spiro atoms. The molecule has 1 aliphatic heterocycles. The molecule has 0 N–H and O–H groups in total. The standard InChI is InChI=1S/C20H26ClN3O3/c1-3-23(13-15-9-5-6-10-16(15)21)17(25)14-24-18(26)20(22(2)19(24)27)11-7-4-8-12-20/h5-6,9-10H,3-4,7-8,11-14H2,1-2H3. The molecule has 6 nitrogen and oxygen atoms in total. The second-order valence-corrected chi connectivity index (χ2v) is 7.73. The van der Waals surface area contributed by atoms with Crippen LogP contribution in [-0.2, 0) is 16.1 Å². The maximum atomic E-state index is 13.0. The molecule has 1 saturated carbocycles. The number of urea groups is 1. The first-order valence-electron chi connectivity index (χ1n) is 9.51. The summed E-state index contributed by atoms with van der Waals surface area (Å²) in [4.78, 5) is 42.8. The van der Waals surface area contributed by atoms with Crippen LogP contribution >= 0.6 is 11.6 Å². The van der Waals surface area contributed by atoms with Crippen molar-refractivity contribution >= 4 is 29.4 Å². The highest BCUT2D eigenvalue weighted by atomic mass is 35.5. The number of halogens is 1. The normalized spacial score (nSPS) is 19.1. The lowest BCUT2D eigenvalue weighted by atomic mass is 9.81. The average molecular weight is 392 g/mol. The Balaban J connectivity index is 1.73. The van der Waals surface area contributed by atoms with Crippen LogP contribution in [0.25, 0.3) is 0 Å². The van der Waals surface area contributed by atoms with Crippen LogP contribution in [0.15, 0.2) is 24.3 Å². The average Bonchev–Trinajstić information content (AvgIpc) is 2.84. The fourth-order valence-electron chi connectivity index (χ4n) is 4.11. The highest BCUT2D eigenvalue weighted by Gasteiger charge is 2.55. The molecule has 0 atom stereocenters. The van der Waals surface area contributed by atoms with E-state index >= 15 is 0 Å². The number of rotatable bonds is 5. The van der Waals surface area contributed by atoms with Crippen molar-refractivity contribution in [3.63, 3.8) is 0 Å². The van der Waals surface area contributed by atoms with Gasteiger partial charge in [0.05, 0.1) is 0 Å². The first kappa shape index (κ1) is 19.7. The largest absolute Gasteiger partial charge is 0.337 e. The zero-order valence-electron chi connectivity index (χ0n) is 15.9. The first-order valence-corrected chi connectivity index (χ1v) is 9.89. The second-order valence-electron chi connectivity index (χ2n) is 7.32. The van der Waals surface area contributed by atoms with E-state index in [1.807, 2.05) is 25.1 Å². The highest BCUT2D eigenvalue weighted by molar-refractivity contribution is 6.31. The fourth-order valence-corrected chi connectivity index (χ4v) is 4.31. The molecule has 2 aliphatic rings. The first-order chi connectivity index (χ1) is 12.9. The van der Waals surface area contributed by atoms with Crippen molar-refractivity contribution in [1.29, 1.82) is 0 Å². The van der Waals surface area contributed by atoms with E-state index in [1.54, 1.807) is 22.9 Å². The van der Waals surface area contributed by atoms with Gasteiger partial charge in [0, 0.05) is 25.2 Å². The number of likely N-dealkylation sites (N-methyl/N-ethyl adjacent to an activating group) is 2. The van der Waals surface area contributed by atoms with Gasteiger partial charge < -0.3 is 9.80 Å². The second kappa shape index (κ2) is 7.89. The zero-order chi connectivity index (χ0) is 19.6. The lowest BCUT2D eigenvalue weighted by Crippen LogP contribution is -2.49. The van der Waals surface area contributed by atoms with Gasteiger partial charge >= 0.3 is 6.03 Å².